The summed E-state index contributed by atoms with van der Waals surface area (Å²) in [5, 5.41) is 0.962. The van der Waals surface area contributed by atoms with Crippen LogP contribution >= 0.6 is 45.2 Å². The maximum atomic E-state index is 12.8. The summed E-state index contributed by atoms with van der Waals surface area (Å²) in [6, 6.07) is 7.70. The molecule has 2 aromatic rings. The molecule has 0 spiro atoms. The number of furan rings is 1. The van der Waals surface area contributed by atoms with Crippen LogP contribution < -0.4 is 0 Å². The minimum atomic E-state index is -0.372. The Morgan fingerprint density at radius 1 is 0.906 bits per heavy atom. The topological polar surface area (TPSA) is 45.9 Å². The summed E-state index contributed by atoms with van der Waals surface area (Å²) in [4.78, 5) is 17.4. The number of alkyl halides is 2. The smallest absolute Gasteiger partial charge is 0.374 e. The highest BCUT2D eigenvalue weighted by atomic mass is 127. The van der Waals surface area contributed by atoms with Crippen molar-refractivity contribution in [3.05, 3.63) is 35.6 Å². The molecule has 1 aromatic heterocycles. The van der Waals surface area contributed by atoms with Crippen LogP contribution in [-0.4, -0.2) is 70.0 Å². The van der Waals surface area contributed by atoms with Crippen molar-refractivity contribution in [1.29, 1.82) is 0 Å². The molecule has 0 saturated heterocycles. The summed E-state index contributed by atoms with van der Waals surface area (Å²) in [5.74, 6) is -0.0571. The third-order valence-electron chi connectivity index (χ3n) is 5.02. The van der Waals surface area contributed by atoms with E-state index in [-0.39, 0.29) is 12.1 Å². The molecule has 0 aliphatic carbocycles. The average molecular weight is 672 g/mol. The van der Waals surface area contributed by atoms with Crippen molar-refractivity contribution < 1.29 is 13.9 Å². The Balaban J connectivity index is 0.00000144. The van der Waals surface area contributed by atoms with Gasteiger partial charge in [0, 0.05) is 24.0 Å². The molecule has 0 radical (unpaired) electrons. The number of benzene rings is 1. The molecular formula is C25H42I2N2O3. The zero-order chi connectivity index (χ0) is 24.5. The van der Waals surface area contributed by atoms with Crippen molar-refractivity contribution in [2.24, 2.45) is 0 Å². The summed E-state index contributed by atoms with van der Waals surface area (Å²) >= 11 is 4.58. The van der Waals surface area contributed by atoms with Crippen molar-refractivity contribution >= 4 is 62.1 Å². The van der Waals surface area contributed by atoms with E-state index < -0.39 is 0 Å². The zero-order valence-electron chi connectivity index (χ0n) is 20.9. The molecular weight excluding hydrogens is 630 g/mol. The van der Waals surface area contributed by atoms with Crippen LogP contribution in [-0.2, 0) is 4.74 Å². The van der Waals surface area contributed by atoms with Gasteiger partial charge in [-0.25, -0.2) is 4.79 Å². The molecule has 0 bridgehead atoms. The second-order valence-corrected chi connectivity index (χ2v) is 10.1. The second-order valence-electron chi connectivity index (χ2n) is 7.09. The predicted molar refractivity (Wildman–Crippen MR) is 155 cm³/mol. The van der Waals surface area contributed by atoms with E-state index in [0.717, 1.165) is 55.8 Å². The molecule has 0 fully saturated rings. The van der Waals surface area contributed by atoms with Gasteiger partial charge in [-0.15, -0.1) is 0 Å². The van der Waals surface area contributed by atoms with Gasteiger partial charge in [0.15, 0.2) is 0 Å². The van der Waals surface area contributed by atoms with Crippen molar-refractivity contribution in [2.75, 3.05) is 48.1 Å². The van der Waals surface area contributed by atoms with Gasteiger partial charge in [-0.1, -0.05) is 105 Å². The lowest BCUT2D eigenvalue weighted by Gasteiger charge is -2.29. The number of hydrogen-bond acceptors (Lipinski definition) is 5. The van der Waals surface area contributed by atoms with Crippen molar-refractivity contribution in [2.45, 2.75) is 54.6 Å². The van der Waals surface area contributed by atoms with Gasteiger partial charge in [0.2, 0.25) is 5.76 Å². The molecule has 184 valence electrons. The Morgan fingerprint density at radius 3 is 1.75 bits per heavy atom. The van der Waals surface area contributed by atoms with Gasteiger partial charge in [-0.2, -0.15) is 0 Å². The Morgan fingerprint density at radius 2 is 1.34 bits per heavy atom. The van der Waals surface area contributed by atoms with Gasteiger partial charge < -0.3 is 19.0 Å². The molecule has 1 heterocycles. The van der Waals surface area contributed by atoms with E-state index in [1.54, 1.807) is 0 Å². The fraction of sp³-hybridized carbons (Fsp3) is 0.640. The number of esters is 1. The number of likely N-dealkylation sites (N-methyl/N-ethyl adjacent to an activating group) is 2. The quantitative estimate of drug-likeness (QED) is 0.157. The van der Waals surface area contributed by atoms with Crippen LogP contribution in [0.3, 0.4) is 0 Å². The summed E-state index contributed by atoms with van der Waals surface area (Å²) in [6.45, 7) is 19.9. The molecule has 0 aliphatic heterocycles. The maximum Gasteiger partial charge on any atom is 0.374 e. The van der Waals surface area contributed by atoms with E-state index in [2.05, 4.69) is 96.5 Å². The lowest BCUT2D eigenvalue weighted by molar-refractivity contribution is 0.00792. The first-order valence-electron chi connectivity index (χ1n) is 11.6. The number of rotatable bonds is 10. The minimum Gasteiger partial charge on any atom is -0.454 e. The molecule has 7 heteroatoms. The summed E-state index contributed by atoms with van der Waals surface area (Å²) in [6.07, 6.45) is -0.185. The maximum absolute atomic E-state index is 12.8. The first-order chi connectivity index (χ1) is 15.4. The number of hydrogen-bond donors (Lipinski definition) is 0. The highest BCUT2D eigenvalue weighted by Crippen LogP contribution is 2.25. The van der Waals surface area contributed by atoms with Gasteiger partial charge in [-0.05, 0) is 48.0 Å². The summed E-state index contributed by atoms with van der Waals surface area (Å²) in [5.41, 5.74) is 1.57. The third-order valence-corrected chi connectivity index (χ3v) is 5.02. The molecule has 2 rings (SSSR count). The fourth-order valence-corrected chi connectivity index (χ4v) is 3.25. The largest absolute Gasteiger partial charge is 0.454 e. The SMILES string of the molecule is CCI.CCI.CCN(CC)CC(CN(CC)CC)OC(=O)c1oc2ccccc2c1C. The van der Waals surface area contributed by atoms with E-state index in [4.69, 9.17) is 9.15 Å². The lowest BCUT2D eigenvalue weighted by Crippen LogP contribution is -2.42. The number of ether oxygens (including phenoxy) is 1. The van der Waals surface area contributed by atoms with E-state index in [0.29, 0.717) is 5.76 Å². The first-order valence-corrected chi connectivity index (χ1v) is 14.7. The molecule has 32 heavy (non-hydrogen) atoms. The van der Waals surface area contributed by atoms with Crippen LogP contribution in [0.4, 0.5) is 0 Å². The van der Waals surface area contributed by atoms with E-state index in [1.807, 2.05) is 31.2 Å². The lowest BCUT2D eigenvalue weighted by atomic mass is 10.1. The monoisotopic (exact) mass is 672 g/mol. The Hall–Kier alpha value is -0.390. The van der Waals surface area contributed by atoms with Gasteiger partial charge in [0.25, 0.3) is 0 Å². The summed E-state index contributed by atoms with van der Waals surface area (Å²) in [7, 11) is 0. The Kier molecular flexibility index (Phi) is 18.7. The number of aryl methyl sites for hydroxylation is 1. The van der Waals surface area contributed by atoms with Gasteiger partial charge in [0.05, 0.1) is 0 Å². The van der Waals surface area contributed by atoms with Crippen LogP contribution in [0.25, 0.3) is 11.0 Å². The molecule has 0 aliphatic rings. The minimum absolute atomic E-state index is 0.185. The number of carbonyl (C=O) groups is 1. The van der Waals surface area contributed by atoms with Crippen LogP contribution in [0.2, 0.25) is 0 Å². The number of nitrogens with zero attached hydrogens (tertiary/aromatic N) is 2. The molecule has 5 nitrogen and oxygen atoms in total. The fourth-order valence-electron chi connectivity index (χ4n) is 3.25. The Bertz CT molecular complexity index is 728. The molecule has 0 N–H and O–H groups in total. The van der Waals surface area contributed by atoms with Crippen LogP contribution in [0, 0.1) is 6.92 Å². The van der Waals surface area contributed by atoms with E-state index in [1.165, 1.54) is 8.86 Å². The average Bonchev–Trinajstić information content (AvgIpc) is 3.13. The number of para-hydroxylation sites is 1. The number of carbonyl (C=O) groups excluding carboxylic acids is 1. The summed E-state index contributed by atoms with van der Waals surface area (Å²) < 4.78 is 14.1. The molecule has 0 unspecified atom stereocenters. The van der Waals surface area contributed by atoms with Crippen molar-refractivity contribution in [3.8, 4) is 0 Å². The highest BCUT2D eigenvalue weighted by molar-refractivity contribution is 14.1. The first kappa shape index (κ1) is 31.6. The molecule has 0 saturated carbocycles. The molecule has 0 amide bonds. The van der Waals surface area contributed by atoms with Crippen molar-refractivity contribution in [1.82, 2.24) is 9.80 Å². The standard InChI is InChI=1S/C21H32N2O3.2C2H5I/c1-6-22(7-2)14-17(15-23(8-3)9-4)25-21(24)20-16(5)18-12-10-11-13-19(18)26-20;2*1-2-3/h10-13,17H,6-9,14-15H2,1-5H3;2*2H2,1H3. The normalized spacial score (nSPS) is 10.8. The third kappa shape index (κ3) is 11.2. The number of fused-ring (bicyclic) bond motifs is 1. The van der Waals surface area contributed by atoms with E-state index >= 15 is 0 Å². The Labute approximate surface area is 222 Å². The molecule has 0 atom stereocenters. The van der Waals surface area contributed by atoms with E-state index in [9.17, 15) is 4.79 Å². The zero-order valence-corrected chi connectivity index (χ0v) is 25.2. The van der Waals surface area contributed by atoms with Crippen LogP contribution in [0.1, 0.15) is 57.7 Å². The van der Waals surface area contributed by atoms with Crippen LogP contribution in [0.5, 0.6) is 0 Å². The highest BCUT2D eigenvalue weighted by Gasteiger charge is 2.24. The predicted octanol–water partition coefficient (Wildman–Crippen LogP) is 6.83. The van der Waals surface area contributed by atoms with Crippen molar-refractivity contribution in [3.63, 3.8) is 0 Å². The molecule has 1 aromatic carbocycles. The van der Waals surface area contributed by atoms with Crippen LogP contribution in [0.15, 0.2) is 28.7 Å². The van der Waals surface area contributed by atoms with Gasteiger partial charge in [0.1, 0.15) is 11.7 Å². The van der Waals surface area contributed by atoms with Gasteiger partial charge in [-0.3, -0.25) is 0 Å². The number of halogens is 2. The van der Waals surface area contributed by atoms with Gasteiger partial charge >= 0.3 is 5.97 Å². The second kappa shape index (κ2) is 19.0.